The van der Waals surface area contributed by atoms with Crippen LogP contribution in [0.5, 0.6) is 0 Å². The molecule has 1 rings (SSSR count). The minimum atomic E-state index is -0.407. The van der Waals surface area contributed by atoms with Gasteiger partial charge in [0.1, 0.15) is 0 Å². The van der Waals surface area contributed by atoms with Crippen molar-refractivity contribution in [3.05, 3.63) is 0 Å². The maximum absolute atomic E-state index is 11.5. The van der Waals surface area contributed by atoms with Crippen molar-refractivity contribution >= 4 is 23.3 Å². The lowest BCUT2D eigenvalue weighted by molar-refractivity contribution is -0.145. The zero-order chi connectivity index (χ0) is 10.4. The average Bonchev–Trinajstić information content (AvgIpc) is 2.67. The molecule has 0 bridgehead atoms. The van der Waals surface area contributed by atoms with Crippen molar-refractivity contribution in [1.29, 1.82) is 0 Å². The summed E-state index contributed by atoms with van der Waals surface area (Å²) in [7, 11) is 0. The molecule has 0 aromatic rings. The number of aliphatic imine (C=N–C) groups is 1. The van der Waals surface area contributed by atoms with E-state index in [-0.39, 0.29) is 5.97 Å². The van der Waals surface area contributed by atoms with Crippen LogP contribution >= 0.6 is 12.2 Å². The molecule has 0 aromatic carbocycles. The van der Waals surface area contributed by atoms with Crippen LogP contribution in [0.1, 0.15) is 32.6 Å². The van der Waals surface area contributed by atoms with Gasteiger partial charge in [-0.3, -0.25) is 0 Å². The van der Waals surface area contributed by atoms with E-state index in [0.29, 0.717) is 12.5 Å². The highest BCUT2D eigenvalue weighted by atomic mass is 32.1. The number of rotatable bonds is 4. The number of isothiocyanates is 1. The van der Waals surface area contributed by atoms with Crippen molar-refractivity contribution in [2.45, 2.75) is 38.6 Å². The standard InChI is InChI=1S/C10H15NO2S/c1-2-13-10(12)9(11-7-14)8-5-3-4-6-8/h8-9H,2-6H2,1H3. The first-order valence-corrected chi connectivity index (χ1v) is 5.44. The molecule has 1 aliphatic rings. The maximum Gasteiger partial charge on any atom is 0.332 e. The number of hydrogen-bond acceptors (Lipinski definition) is 4. The van der Waals surface area contributed by atoms with E-state index in [1.807, 2.05) is 0 Å². The Hall–Kier alpha value is -0.730. The van der Waals surface area contributed by atoms with Crippen molar-refractivity contribution in [1.82, 2.24) is 0 Å². The van der Waals surface area contributed by atoms with Crippen molar-refractivity contribution in [2.24, 2.45) is 10.9 Å². The number of esters is 1. The van der Waals surface area contributed by atoms with Gasteiger partial charge in [0.15, 0.2) is 6.04 Å². The van der Waals surface area contributed by atoms with Gasteiger partial charge in [0.05, 0.1) is 11.8 Å². The van der Waals surface area contributed by atoms with Crippen molar-refractivity contribution in [2.75, 3.05) is 6.61 Å². The Bertz CT molecular complexity index is 243. The molecule has 0 radical (unpaired) electrons. The van der Waals surface area contributed by atoms with Crippen LogP contribution in [0.3, 0.4) is 0 Å². The van der Waals surface area contributed by atoms with Crippen LogP contribution in [-0.4, -0.2) is 23.8 Å². The fourth-order valence-electron chi connectivity index (χ4n) is 1.91. The van der Waals surface area contributed by atoms with Crippen LogP contribution in [-0.2, 0) is 9.53 Å². The number of hydrogen-bond donors (Lipinski definition) is 0. The lowest BCUT2D eigenvalue weighted by Gasteiger charge is -2.15. The summed E-state index contributed by atoms with van der Waals surface area (Å²) >= 11 is 4.54. The minimum absolute atomic E-state index is 0.253. The van der Waals surface area contributed by atoms with E-state index in [1.54, 1.807) is 6.92 Å². The van der Waals surface area contributed by atoms with E-state index in [1.165, 1.54) is 12.8 Å². The maximum atomic E-state index is 11.5. The molecule has 0 saturated heterocycles. The zero-order valence-corrected chi connectivity index (χ0v) is 9.18. The zero-order valence-electron chi connectivity index (χ0n) is 8.36. The van der Waals surface area contributed by atoms with Gasteiger partial charge < -0.3 is 4.74 Å². The summed E-state index contributed by atoms with van der Waals surface area (Å²) in [4.78, 5) is 15.4. The molecule has 0 amide bonds. The molecule has 14 heavy (non-hydrogen) atoms. The van der Waals surface area contributed by atoms with E-state index < -0.39 is 6.04 Å². The highest BCUT2D eigenvalue weighted by Gasteiger charge is 2.31. The topological polar surface area (TPSA) is 38.7 Å². The van der Waals surface area contributed by atoms with Gasteiger partial charge in [0, 0.05) is 0 Å². The van der Waals surface area contributed by atoms with E-state index in [4.69, 9.17) is 4.74 Å². The van der Waals surface area contributed by atoms with E-state index >= 15 is 0 Å². The first-order chi connectivity index (χ1) is 6.79. The number of carbonyl (C=O) groups excluding carboxylic acids is 1. The largest absolute Gasteiger partial charge is 0.464 e. The third-order valence-corrected chi connectivity index (χ3v) is 2.67. The van der Waals surface area contributed by atoms with Gasteiger partial charge in [-0.2, -0.15) is 0 Å². The summed E-state index contributed by atoms with van der Waals surface area (Å²) < 4.78 is 4.95. The molecule has 3 nitrogen and oxygen atoms in total. The third-order valence-electron chi connectivity index (χ3n) is 2.57. The van der Waals surface area contributed by atoms with Crippen LogP contribution in [0.4, 0.5) is 0 Å². The average molecular weight is 213 g/mol. The minimum Gasteiger partial charge on any atom is -0.464 e. The normalized spacial score (nSPS) is 18.6. The van der Waals surface area contributed by atoms with Crippen molar-refractivity contribution in [3.8, 4) is 0 Å². The van der Waals surface area contributed by atoms with Gasteiger partial charge in [-0.25, -0.2) is 9.79 Å². The Morgan fingerprint density at radius 2 is 2.29 bits per heavy atom. The molecular weight excluding hydrogens is 198 g/mol. The van der Waals surface area contributed by atoms with Crippen LogP contribution in [0, 0.1) is 5.92 Å². The second kappa shape index (κ2) is 5.89. The van der Waals surface area contributed by atoms with Gasteiger partial charge in [0.25, 0.3) is 0 Å². The molecule has 1 atom stereocenters. The van der Waals surface area contributed by atoms with Crippen molar-refractivity contribution in [3.63, 3.8) is 0 Å². The predicted molar refractivity (Wildman–Crippen MR) is 57.4 cm³/mol. The summed E-state index contributed by atoms with van der Waals surface area (Å²) in [5, 5.41) is 2.29. The first kappa shape index (κ1) is 11.3. The molecule has 1 fully saturated rings. The number of carbonyl (C=O) groups is 1. The van der Waals surface area contributed by atoms with Gasteiger partial charge >= 0.3 is 5.97 Å². The second-order valence-corrected chi connectivity index (χ2v) is 3.64. The fourth-order valence-corrected chi connectivity index (χ4v) is 2.02. The van der Waals surface area contributed by atoms with Gasteiger partial charge in [-0.05, 0) is 37.9 Å². The Kier molecular flexibility index (Phi) is 4.77. The third kappa shape index (κ3) is 2.89. The molecule has 1 unspecified atom stereocenters. The van der Waals surface area contributed by atoms with Crippen molar-refractivity contribution < 1.29 is 9.53 Å². The molecule has 0 spiro atoms. The predicted octanol–water partition coefficient (Wildman–Crippen LogP) is 2.21. The summed E-state index contributed by atoms with van der Waals surface area (Å²) in [6.45, 7) is 2.19. The Morgan fingerprint density at radius 1 is 1.64 bits per heavy atom. The van der Waals surface area contributed by atoms with E-state index in [2.05, 4.69) is 22.4 Å². The van der Waals surface area contributed by atoms with E-state index in [0.717, 1.165) is 12.8 Å². The fraction of sp³-hybridized carbons (Fsp3) is 0.800. The summed E-state index contributed by atoms with van der Waals surface area (Å²) in [5.41, 5.74) is 0. The Labute approximate surface area is 89.5 Å². The molecule has 1 saturated carbocycles. The summed E-state index contributed by atoms with van der Waals surface area (Å²) in [6, 6.07) is -0.407. The van der Waals surface area contributed by atoms with Gasteiger partial charge in [-0.1, -0.05) is 12.8 Å². The number of ether oxygens (including phenoxy) is 1. The second-order valence-electron chi connectivity index (χ2n) is 3.46. The Morgan fingerprint density at radius 3 is 2.79 bits per heavy atom. The quantitative estimate of drug-likeness (QED) is 0.408. The highest BCUT2D eigenvalue weighted by molar-refractivity contribution is 7.78. The van der Waals surface area contributed by atoms with E-state index in [9.17, 15) is 4.79 Å². The molecule has 78 valence electrons. The number of thiocarbonyl (C=S) groups is 1. The summed E-state index contributed by atoms with van der Waals surface area (Å²) in [5.74, 6) is 0.0567. The van der Waals surface area contributed by atoms with Crippen LogP contribution < -0.4 is 0 Å². The van der Waals surface area contributed by atoms with Crippen LogP contribution in [0.15, 0.2) is 4.99 Å². The van der Waals surface area contributed by atoms with Crippen LogP contribution in [0.25, 0.3) is 0 Å². The molecule has 0 heterocycles. The molecular formula is C10H15NO2S. The first-order valence-electron chi connectivity index (χ1n) is 5.03. The Balaban J connectivity index is 2.61. The van der Waals surface area contributed by atoms with Crippen LogP contribution in [0.2, 0.25) is 0 Å². The number of nitrogens with zero attached hydrogens (tertiary/aromatic N) is 1. The van der Waals surface area contributed by atoms with Gasteiger partial charge in [0.2, 0.25) is 0 Å². The molecule has 4 heteroatoms. The lowest BCUT2D eigenvalue weighted by Crippen LogP contribution is -2.28. The van der Waals surface area contributed by atoms with Gasteiger partial charge in [-0.15, -0.1) is 0 Å². The summed E-state index contributed by atoms with van der Waals surface area (Å²) in [6.07, 6.45) is 4.44. The highest BCUT2D eigenvalue weighted by Crippen LogP contribution is 2.29. The molecule has 1 aliphatic carbocycles. The smallest absolute Gasteiger partial charge is 0.332 e. The SMILES string of the molecule is CCOC(=O)C(N=C=S)C1CCCC1. The molecule has 0 aliphatic heterocycles. The lowest BCUT2D eigenvalue weighted by atomic mass is 9.99. The molecule has 0 N–H and O–H groups in total. The monoisotopic (exact) mass is 213 g/mol. The molecule has 0 aromatic heterocycles.